The predicted molar refractivity (Wildman–Crippen MR) is 121 cm³/mol. The molecule has 0 spiro atoms. The second kappa shape index (κ2) is 11.3. The highest BCUT2D eigenvalue weighted by Crippen LogP contribution is 2.42. The quantitative estimate of drug-likeness (QED) is 0.290. The first-order valence-electron chi connectivity index (χ1n) is 10.7. The van der Waals surface area contributed by atoms with Crippen molar-refractivity contribution in [2.75, 3.05) is 6.61 Å². The maximum absolute atomic E-state index is 15.2. The van der Waals surface area contributed by atoms with Crippen molar-refractivity contribution in [1.29, 1.82) is 0 Å². The van der Waals surface area contributed by atoms with Gasteiger partial charge < -0.3 is 4.74 Å². The molecule has 3 rings (SSSR count). The maximum Gasteiger partial charge on any atom is 0.201 e. The van der Waals surface area contributed by atoms with Gasteiger partial charge in [-0.2, -0.15) is 4.39 Å². The monoisotopic (exact) mass is 444 g/mol. The van der Waals surface area contributed by atoms with Gasteiger partial charge in [0.25, 0.3) is 0 Å². The molecule has 0 aliphatic carbocycles. The lowest BCUT2D eigenvalue weighted by Crippen LogP contribution is -2.03. The summed E-state index contributed by atoms with van der Waals surface area (Å²) in [5, 5.41) is 0. The van der Waals surface area contributed by atoms with Crippen LogP contribution in [0.1, 0.15) is 45.1 Å². The second-order valence-electron chi connectivity index (χ2n) is 7.41. The summed E-state index contributed by atoms with van der Waals surface area (Å²) in [6.45, 7) is 4.27. The maximum atomic E-state index is 15.2. The number of benzene rings is 3. The highest BCUT2D eigenvalue weighted by Gasteiger charge is 2.23. The third kappa shape index (κ3) is 5.85. The van der Waals surface area contributed by atoms with E-state index in [0.717, 1.165) is 36.1 Å². The number of aryl methyl sites for hydroxylation is 1. The van der Waals surface area contributed by atoms with E-state index in [1.54, 1.807) is 12.1 Å². The van der Waals surface area contributed by atoms with Crippen LogP contribution in [-0.4, -0.2) is 6.61 Å². The first-order valence-corrected chi connectivity index (χ1v) is 11.5. The number of hydrogen-bond acceptors (Lipinski definition) is 2. The molecule has 0 fully saturated rings. The van der Waals surface area contributed by atoms with Crippen LogP contribution in [-0.2, 0) is 6.42 Å². The molecule has 0 amide bonds. The van der Waals surface area contributed by atoms with Gasteiger partial charge in [-0.05, 0) is 49.1 Å². The molecule has 0 heterocycles. The van der Waals surface area contributed by atoms with Crippen LogP contribution in [0.25, 0.3) is 11.1 Å². The molecule has 5 heteroatoms. The van der Waals surface area contributed by atoms with Crippen molar-refractivity contribution in [3.63, 3.8) is 0 Å². The van der Waals surface area contributed by atoms with Gasteiger partial charge in [-0.1, -0.05) is 68.8 Å². The fourth-order valence-electron chi connectivity index (χ4n) is 3.34. The molecule has 3 aromatic rings. The third-order valence-corrected chi connectivity index (χ3v) is 5.99. The van der Waals surface area contributed by atoms with Gasteiger partial charge in [0.15, 0.2) is 11.6 Å². The smallest absolute Gasteiger partial charge is 0.201 e. The Bertz CT molecular complexity index is 1010. The van der Waals surface area contributed by atoms with Crippen LogP contribution in [0.5, 0.6) is 5.75 Å². The summed E-state index contributed by atoms with van der Waals surface area (Å²) in [5.41, 5.74) is 0.833. The number of halogens is 3. The molecule has 0 bridgehead atoms. The van der Waals surface area contributed by atoms with E-state index < -0.39 is 17.5 Å². The lowest BCUT2D eigenvalue weighted by molar-refractivity contribution is 0.294. The molecule has 0 unspecified atom stereocenters. The summed E-state index contributed by atoms with van der Waals surface area (Å²) in [7, 11) is 0. The molecule has 0 aromatic heterocycles. The minimum Gasteiger partial charge on any atom is -0.490 e. The van der Waals surface area contributed by atoms with Crippen LogP contribution in [0.4, 0.5) is 13.2 Å². The van der Waals surface area contributed by atoms with E-state index in [0.29, 0.717) is 11.3 Å². The minimum atomic E-state index is -1.09. The summed E-state index contributed by atoms with van der Waals surface area (Å²) in [4.78, 5) is 1.25. The molecule has 0 saturated heterocycles. The third-order valence-electron chi connectivity index (χ3n) is 4.94. The SMILES string of the molecule is CCCCCc1ccc(-c2c(Sc3ccccc3)cc(OCCC)c(F)c2F)c(F)c1. The fourth-order valence-corrected chi connectivity index (χ4v) is 4.36. The normalized spacial score (nSPS) is 11.0. The van der Waals surface area contributed by atoms with Gasteiger partial charge in [0.1, 0.15) is 5.82 Å². The Kier molecular flexibility index (Phi) is 8.47. The van der Waals surface area contributed by atoms with Crippen molar-refractivity contribution in [2.24, 2.45) is 0 Å². The van der Waals surface area contributed by atoms with E-state index in [4.69, 9.17) is 4.74 Å². The van der Waals surface area contributed by atoms with Gasteiger partial charge in [0.05, 0.1) is 6.61 Å². The molecule has 3 aromatic carbocycles. The fraction of sp³-hybridized carbons (Fsp3) is 0.308. The van der Waals surface area contributed by atoms with Gasteiger partial charge in [0.2, 0.25) is 5.82 Å². The molecular formula is C26H27F3OS. The zero-order valence-electron chi connectivity index (χ0n) is 17.9. The van der Waals surface area contributed by atoms with Gasteiger partial charge in [0, 0.05) is 20.9 Å². The lowest BCUT2D eigenvalue weighted by atomic mass is 9.99. The van der Waals surface area contributed by atoms with Crippen LogP contribution < -0.4 is 4.74 Å². The molecule has 0 aliphatic heterocycles. The van der Waals surface area contributed by atoms with E-state index in [1.165, 1.54) is 23.9 Å². The summed E-state index contributed by atoms with van der Waals surface area (Å²) in [5.74, 6) is -2.89. The molecule has 0 radical (unpaired) electrons. The minimum absolute atomic E-state index is 0.0520. The van der Waals surface area contributed by atoms with E-state index >= 15 is 8.78 Å². The van der Waals surface area contributed by atoms with Crippen molar-refractivity contribution < 1.29 is 17.9 Å². The van der Waals surface area contributed by atoms with E-state index in [9.17, 15) is 4.39 Å². The summed E-state index contributed by atoms with van der Waals surface area (Å²) >= 11 is 1.26. The van der Waals surface area contributed by atoms with E-state index in [1.807, 2.05) is 37.3 Å². The number of ether oxygens (including phenoxy) is 1. The summed E-state index contributed by atoms with van der Waals surface area (Å²) in [6.07, 6.45) is 4.55. The van der Waals surface area contributed by atoms with Crippen LogP contribution in [0.15, 0.2) is 64.4 Å². The Balaban J connectivity index is 2.06. The largest absolute Gasteiger partial charge is 0.490 e. The zero-order valence-corrected chi connectivity index (χ0v) is 18.7. The Morgan fingerprint density at radius 1 is 0.839 bits per heavy atom. The number of hydrogen-bond donors (Lipinski definition) is 0. The Morgan fingerprint density at radius 3 is 2.29 bits per heavy atom. The lowest BCUT2D eigenvalue weighted by Gasteiger charge is -2.16. The highest BCUT2D eigenvalue weighted by atomic mass is 32.2. The molecular weight excluding hydrogens is 417 g/mol. The van der Waals surface area contributed by atoms with Crippen molar-refractivity contribution >= 4 is 11.8 Å². The second-order valence-corrected chi connectivity index (χ2v) is 8.53. The molecule has 31 heavy (non-hydrogen) atoms. The average molecular weight is 445 g/mol. The standard InChI is InChI=1S/C26H27F3OS/c1-3-5-7-10-18-13-14-20(21(27)16-18)24-23(31-19-11-8-6-9-12-19)17-22(30-15-4-2)25(28)26(24)29/h6,8-9,11-14,16-17H,3-5,7,10,15H2,1-2H3. The van der Waals surface area contributed by atoms with Crippen LogP contribution in [0, 0.1) is 17.5 Å². The van der Waals surface area contributed by atoms with E-state index in [-0.39, 0.29) is 23.5 Å². The first kappa shape index (κ1) is 23.3. The number of rotatable bonds is 10. The topological polar surface area (TPSA) is 9.23 Å². The Hall–Kier alpha value is -2.40. The Morgan fingerprint density at radius 2 is 1.61 bits per heavy atom. The average Bonchev–Trinajstić information content (AvgIpc) is 2.77. The molecule has 0 atom stereocenters. The molecule has 0 N–H and O–H groups in total. The number of unbranched alkanes of at least 4 members (excludes halogenated alkanes) is 2. The van der Waals surface area contributed by atoms with Crippen LogP contribution in [0.2, 0.25) is 0 Å². The zero-order chi connectivity index (χ0) is 22.2. The van der Waals surface area contributed by atoms with Crippen molar-refractivity contribution in [3.8, 4) is 16.9 Å². The van der Waals surface area contributed by atoms with Gasteiger partial charge in [-0.15, -0.1) is 0 Å². The first-order chi connectivity index (χ1) is 15.0. The van der Waals surface area contributed by atoms with Crippen LogP contribution >= 0.6 is 11.8 Å². The van der Waals surface area contributed by atoms with Crippen molar-refractivity contribution in [2.45, 2.75) is 55.7 Å². The highest BCUT2D eigenvalue weighted by molar-refractivity contribution is 7.99. The predicted octanol–water partition coefficient (Wildman–Crippen LogP) is 8.44. The summed E-state index contributed by atoms with van der Waals surface area (Å²) in [6, 6.07) is 15.6. The molecule has 1 nitrogen and oxygen atoms in total. The Labute approximate surface area is 186 Å². The van der Waals surface area contributed by atoms with Crippen molar-refractivity contribution in [3.05, 3.63) is 77.6 Å². The molecule has 164 valence electrons. The van der Waals surface area contributed by atoms with Crippen LogP contribution in [0.3, 0.4) is 0 Å². The van der Waals surface area contributed by atoms with Gasteiger partial charge >= 0.3 is 0 Å². The van der Waals surface area contributed by atoms with Gasteiger partial charge in [-0.25, -0.2) is 8.78 Å². The molecule has 0 saturated carbocycles. The van der Waals surface area contributed by atoms with Gasteiger partial charge in [-0.3, -0.25) is 0 Å². The van der Waals surface area contributed by atoms with E-state index in [2.05, 4.69) is 6.92 Å². The molecule has 0 aliphatic rings. The van der Waals surface area contributed by atoms with Crippen molar-refractivity contribution in [1.82, 2.24) is 0 Å². The summed E-state index contributed by atoms with van der Waals surface area (Å²) < 4.78 is 50.5.